The summed E-state index contributed by atoms with van der Waals surface area (Å²) in [6.07, 6.45) is 5.42. The summed E-state index contributed by atoms with van der Waals surface area (Å²) in [5.41, 5.74) is 1.57. The summed E-state index contributed by atoms with van der Waals surface area (Å²) < 4.78 is 0.910. The molecule has 0 fully saturated rings. The van der Waals surface area contributed by atoms with Crippen molar-refractivity contribution in [2.45, 2.75) is 17.3 Å². The molecule has 2 aromatic rings. The molecule has 1 unspecified atom stereocenters. The second-order valence-electron chi connectivity index (χ2n) is 4.08. The van der Waals surface area contributed by atoms with Crippen molar-refractivity contribution in [3.05, 3.63) is 41.2 Å². The van der Waals surface area contributed by atoms with Gasteiger partial charge in [-0.15, -0.1) is 11.3 Å². The predicted molar refractivity (Wildman–Crippen MR) is 78.6 cm³/mol. The van der Waals surface area contributed by atoms with Crippen LogP contribution >= 0.6 is 23.1 Å². The molecule has 2 heterocycles. The van der Waals surface area contributed by atoms with Crippen LogP contribution in [0.25, 0.3) is 0 Å². The third-order valence-corrected chi connectivity index (χ3v) is 4.83. The molecule has 1 amide bonds. The normalized spacial score (nSPS) is 12.2. The highest BCUT2D eigenvalue weighted by Gasteiger charge is 2.20. The summed E-state index contributed by atoms with van der Waals surface area (Å²) in [7, 11) is 1.80. The highest BCUT2D eigenvalue weighted by Crippen LogP contribution is 2.23. The Balaban J connectivity index is 2.15. The molecule has 0 N–H and O–H groups in total. The van der Waals surface area contributed by atoms with Gasteiger partial charge < -0.3 is 4.90 Å². The maximum atomic E-state index is 12.3. The van der Waals surface area contributed by atoms with Gasteiger partial charge in [-0.05, 0) is 30.9 Å². The maximum Gasteiger partial charge on any atom is 0.273 e. The molecule has 0 radical (unpaired) electrons. The molecular weight excluding hydrogens is 278 g/mol. The molecule has 0 aromatic carbocycles. The van der Waals surface area contributed by atoms with Gasteiger partial charge in [0.25, 0.3) is 5.91 Å². The minimum Gasteiger partial charge on any atom is -0.334 e. The first kappa shape index (κ1) is 14.0. The molecule has 0 aliphatic carbocycles. The fourth-order valence-electron chi connectivity index (χ4n) is 1.67. The number of hydrogen-bond acceptors (Lipinski definition) is 5. The molecule has 0 saturated heterocycles. The third kappa shape index (κ3) is 3.13. The lowest BCUT2D eigenvalue weighted by molar-refractivity contribution is 0.0737. The van der Waals surface area contributed by atoms with Crippen LogP contribution in [0.1, 0.15) is 29.0 Å². The van der Waals surface area contributed by atoms with Crippen LogP contribution in [-0.2, 0) is 0 Å². The Kier molecular flexibility index (Phi) is 4.55. The van der Waals surface area contributed by atoms with Crippen molar-refractivity contribution in [3.63, 3.8) is 0 Å². The molecule has 4 nitrogen and oxygen atoms in total. The van der Waals surface area contributed by atoms with Gasteiger partial charge in [0.1, 0.15) is 10.0 Å². The van der Waals surface area contributed by atoms with Crippen molar-refractivity contribution in [3.8, 4) is 0 Å². The summed E-state index contributed by atoms with van der Waals surface area (Å²) >= 11 is 3.05. The van der Waals surface area contributed by atoms with Gasteiger partial charge in [-0.3, -0.25) is 9.78 Å². The van der Waals surface area contributed by atoms with Gasteiger partial charge >= 0.3 is 0 Å². The van der Waals surface area contributed by atoms with Crippen LogP contribution in [0.3, 0.4) is 0 Å². The van der Waals surface area contributed by atoms with Gasteiger partial charge in [-0.25, -0.2) is 4.98 Å². The molecule has 6 heteroatoms. The lowest BCUT2D eigenvalue weighted by Gasteiger charge is -2.24. The van der Waals surface area contributed by atoms with Crippen LogP contribution in [0.2, 0.25) is 0 Å². The first-order valence-corrected chi connectivity index (χ1v) is 7.90. The quantitative estimate of drug-likeness (QED) is 0.813. The van der Waals surface area contributed by atoms with E-state index in [1.165, 1.54) is 11.3 Å². The SMILES string of the molecule is CSc1nc(C(=O)N(C)C(C)c2ccncc2)cs1. The topological polar surface area (TPSA) is 46.1 Å². The fraction of sp³-hybridized carbons (Fsp3) is 0.308. The van der Waals surface area contributed by atoms with Crippen molar-refractivity contribution < 1.29 is 4.79 Å². The molecule has 0 aliphatic heterocycles. The third-order valence-electron chi connectivity index (χ3n) is 2.97. The van der Waals surface area contributed by atoms with Crippen molar-refractivity contribution >= 4 is 29.0 Å². The smallest absolute Gasteiger partial charge is 0.273 e. The minimum absolute atomic E-state index is 0.00469. The zero-order valence-corrected chi connectivity index (χ0v) is 12.7. The molecule has 0 aliphatic rings. The molecule has 0 spiro atoms. The van der Waals surface area contributed by atoms with Crippen molar-refractivity contribution in [1.29, 1.82) is 0 Å². The van der Waals surface area contributed by atoms with Gasteiger partial charge in [0.15, 0.2) is 0 Å². The van der Waals surface area contributed by atoms with Crippen molar-refractivity contribution in [1.82, 2.24) is 14.9 Å². The average molecular weight is 293 g/mol. The molecule has 19 heavy (non-hydrogen) atoms. The molecule has 2 aromatic heterocycles. The van der Waals surface area contributed by atoms with E-state index < -0.39 is 0 Å². The van der Waals surface area contributed by atoms with E-state index >= 15 is 0 Å². The van der Waals surface area contributed by atoms with E-state index in [4.69, 9.17) is 0 Å². The Hall–Kier alpha value is -1.40. The van der Waals surface area contributed by atoms with E-state index in [9.17, 15) is 4.79 Å². The number of hydrogen-bond donors (Lipinski definition) is 0. The van der Waals surface area contributed by atoms with E-state index in [0.717, 1.165) is 9.90 Å². The van der Waals surface area contributed by atoms with Crippen LogP contribution < -0.4 is 0 Å². The van der Waals surface area contributed by atoms with Gasteiger partial charge in [0, 0.05) is 24.8 Å². The standard InChI is InChI=1S/C13H15N3OS2/c1-9(10-4-6-14-7-5-10)16(2)12(17)11-8-19-13(15-11)18-3/h4-9H,1-3H3. The zero-order chi connectivity index (χ0) is 13.8. The van der Waals surface area contributed by atoms with E-state index in [0.29, 0.717) is 5.69 Å². The van der Waals surface area contributed by atoms with Crippen LogP contribution in [0, 0.1) is 0 Å². The van der Waals surface area contributed by atoms with Gasteiger partial charge in [0.05, 0.1) is 6.04 Å². The van der Waals surface area contributed by atoms with E-state index in [1.807, 2.05) is 30.7 Å². The van der Waals surface area contributed by atoms with Crippen LogP contribution in [0.15, 0.2) is 34.2 Å². The Morgan fingerprint density at radius 2 is 2.11 bits per heavy atom. The molecular formula is C13H15N3OS2. The van der Waals surface area contributed by atoms with E-state index in [2.05, 4.69) is 9.97 Å². The molecule has 1 atom stereocenters. The second-order valence-corrected chi connectivity index (χ2v) is 5.99. The molecule has 100 valence electrons. The highest BCUT2D eigenvalue weighted by atomic mass is 32.2. The summed E-state index contributed by atoms with van der Waals surface area (Å²) in [6, 6.07) is 3.83. The first-order chi connectivity index (χ1) is 9.13. The number of carbonyl (C=O) groups excluding carboxylic acids is 1. The average Bonchev–Trinajstić information content (AvgIpc) is 2.94. The summed E-state index contributed by atoms with van der Waals surface area (Å²) in [6.45, 7) is 2.00. The van der Waals surface area contributed by atoms with Gasteiger partial charge in [-0.2, -0.15) is 0 Å². The fourth-order valence-corrected chi connectivity index (χ4v) is 2.91. The number of nitrogens with zero attached hydrogens (tertiary/aromatic N) is 3. The summed E-state index contributed by atoms with van der Waals surface area (Å²) in [5, 5.41) is 1.81. The minimum atomic E-state index is -0.0548. The Morgan fingerprint density at radius 1 is 1.42 bits per heavy atom. The number of rotatable bonds is 4. The molecule has 0 bridgehead atoms. The molecule has 2 rings (SSSR count). The lowest BCUT2D eigenvalue weighted by atomic mass is 10.1. The number of thiazole rings is 1. The Labute approximate surface area is 120 Å². The van der Waals surface area contributed by atoms with Crippen molar-refractivity contribution in [2.24, 2.45) is 0 Å². The monoisotopic (exact) mass is 293 g/mol. The first-order valence-electron chi connectivity index (χ1n) is 5.80. The number of aromatic nitrogens is 2. The van der Waals surface area contributed by atoms with E-state index in [1.54, 1.807) is 36.1 Å². The number of pyridine rings is 1. The van der Waals surface area contributed by atoms with E-state index in [-0.39, 0.29) is 11.9 Å². The van der Waals surface area contributed by atoms with Crippen LogP contribution in [-0.4, -0.2) is 34.1 Å². The van der Waals surface area contributed by atoms with Crippen LogP contribution in [0.5, 0.6) is 0 Å². The van der Waals surface area contributed by atoms with Gasteiger partial charge in [-0.1, -0.05) is 11.8 Å². The second kappa shape index (κ2) is 6.16. The van der Waals surface area contributed by atoms with Crippen LogP contribution in [0.4, 0.5) is 0 Å². The Bertz CT molecular complexity index is 556. The predicted octanol–water partition coefficient (Wildman–Crippen LogP) is 3.09. The number of carbonyl (C=O) groups is 1. The highest BCUT2D eigenvalue weighted by molar-refractivity contribution is 8.00. The summed E-state index contributed by atoms with van der Waals surface area (Å²) in [4.78, 5) is 22.3. The number of amides is 1. The summed E-state index contributed by atoms with van der Waals surface area (Å²) in [5.74, 6) is -0.0548. The number of thioether (sulfide) groups is 1. The Morgan fingerprint density at radius 3 is 2.68 bits per heavy atom. The maximum absolute atomic E-state index is 12.3. The zero-order valence-electron chi connectivity index (χ0n) is 11.0. The largest absolute Gasteiger partial charge is 0.334 e. The van der Waals surface area contributed by atoms with Gasteiger partial charge in [0.2, 0.25) is 0 Å². The van der Waals surface area contributed by atoms with Crippen molar-refractivity contribution in [2.75, 3.05) is 13.3 Å². The lowest BCUT2D eigenvalue weighted by Crippen LogP contribution is -2.29. The molecule has 0 saturated carbocycles.